The van der Waals surface area contributed by atoms with Gasteiger partial charge in [-0.25, -0.2) is 0 Å². The molecule has 22 heavy (non-hydrogen) atoms. The SMILES string of the molecule is NC(=O)C1CCCN(C(=O)c2cc3ccccc3[nH]c2=O)C1. The third kappa shape index (κ3) is 2.59. The lowest BCUT2D eigenvalue weighted by Gasteiger charge is -2.31. The highest BCUT2D eigenvalue weighted by Gasteiger charge is 2.28. The third-order valence-corrected chi connectivity index (χ3v) is 4.09. The molecule has 6 heteroatoms. The molecule has 0 aliphatic carbocycles. The van der Waals surface area contributed by atoms with Gasteiger partial charge in [0.05, 0.1) is 5.92 Å². The van der Waals surface area contributed by atoms with Crippen LogP contribution in [-0.4, -0.2) is 34.8 Å². The summed E-state index contributed by atoms with van der Waals surface area (Å²) in [5, 5.41) is 0.800. The van der Waals surface area contributed by atoms with Crippen molar-refractivity contribution in [2.24, 2.45) is 11.7 Å². The number of pyridine rings is 1. The lowest BCUT2D eigenvalue weighted by atomic mass is 9.97. The van der Waals surface area contributed by atoms with E-state index in [1.165, 1.54) is 4.90 Å². The largest absolute Gasteiger partial charge is 0.369 e. The summed E-state index contributed by atoms with van der Waals surface area (Å²) in [6, 6.07) is 8.89. The molecule has 3 N–H and O–H groups in total. The van der Waals surface area contributed by atoms with Crippen LogP contribution in [0.2, 0.25) is 0 Å². The van der Waals surface area contributed by atoms with Gasteiger partial charge in [-0.2, -0.15) is 0 Å². The van der Waals surface area contributed by atoms with E-state index < -0.39 is 11.5 Å². The first kappa shape index (κ1) is 14.3. The van der Waals surface area contributed by atoms with Gasteiger partial charge in [0.2, 0.25) is 5.91 Å². The highest BCUT2D eigenvalue weighted by molar-refractivity contribution is 5.97. The summed E-state index contributed by atoms with van der Waals surface area (Å²) in [4.78, 5) is 40.3. The molecule has 2 amide bonds. The number of primary amides is 1. The van der Waals surface area contributed by atoms with Gasteiger partial charge in [-0.3, -0.25) is 14.4 Å². The van der Waals surface area contributed by atoms with E-state index in [-0.39, 0.29) is 23.9 Å². The molecule has 2 heterocycles. The molecular formula is C16H17N3O3. The minimum atomic E-state index is -0.412. The Morgan fingerprint density at radius 3 is 2.82 bits per heavy atom. The maximum atomic E-state index is 12.6. The number of fused-ring (bicyclic) bond motifs is 1. The molecule has 1 saturated heterocycles. The van der Waals surface area contributed by atoms with Gasteiger partial charge < -0.3 is 15.6 Å². The van der Waals surface area contributed by atoms with Crippen molar-refractivity contribution >= 4 is 22.7 Å². The van der Waals surface area contributed by atoms with E-state index in [4.69, 9.17) is 5.73 Å². The average Bonchev–Trinajstić information content (AvgIpc) is 2.53. The van der Waals surface area contributed by atoms with Crippen molar-refractivity contribution in [1.29, 1.82) is 0 Å². The molecule has 3 rings (SSSR count). The molecule has 0 bridgehead atoms. The summed E-state index contributed by atoms with van der Waals surface area (Å²) in [5.74, 6) is -1.08. The first-order valence-electron chi connectivity index (χ1n) is 7.27. The lowest BCUT2D eigenvalue weighted by molar-refractivity contribution is -0.123. The number of hydrogen-bond donors (Lipinski definition) is 2. The molecule has 0 spiro atoms. The van der Waals surface area contributed by atoms with Crippen LogP contribution < -0.4 is 11.3 Å². The number of aromatic nitrogens is 1. The summed E-state index contributed by atoms with van der Waals surface area (Å²) >= 11 is 0. The van der Waals surface area contributed by atoms with Gasteiger partial charge in [0.15, 0.2) is 0 Å². The molecule has 114 valence electrons. The molecule has 2 aromatic rings. The smallest absolute Gasteiger partial charge is 0.261 e. The predicted octanol–water partition coefficient (Wildman–Crippen LogP) is 0.866. The van der Waals surface area contributed by atoms with Gasteiger partial charge >= 0.3 is 0 Å². The fraction of sp³-hybridized carbons (Fsp3) is 0.312. The van der Waals surface area contributed by atoms with Crippen molar-refractivity contribution in [2.45, 2.75) is 12.8 Å². The van der Waals surface area contributed by atoms with Crippen molar-refractivity contribution in [1.82, 2.24) is 9.88 Å². The number of rotatable bonds is 2. The zero-order valence-corrected chi connectivity index (χ0v) is 12.0. The van der Waals surface area contributed by atoms with E-state index in [9.17, 15) is 14.4 Å². The zero-order chi connectivity index (χ0) is 15.7. The second-order valence-corrected chi connectivity index (χ2v) is 5.59. The maximum Gasteiger partial charge on any atom is 0.261 e. The first-order valence-corrected chi connectivity index (χ1v) is 7.27. The van der Waals surface area contributed by atoms with Gasteiger partial charge in [0.25, 0.3) is 11.5 Å². The van der Waals surface area contributed by atoms with Crippen molar-refractivity contribution in [3.8, 4) is 0 Å². The Labute approximate surface area is 126 Å². The monoisotopic (exact) mass is 299 g/mol. The second-order valence-electron chi connectivity index (χ2n) is 5.59. The maximum absolute atomic E-state index is 12.6. The standard InChI is InChI=1S/C16H17N3O3/c17-14(20)11-5-3-7-19(9-11)16(22)12-8-10-4-1-2-6-13(10)18-15(12)21/h1-2,4,6,8,11H,3,5,7,9H2,(H2,17,20)(H,18,21). The topological polar surface area (TPSA) is 96.3 Å². The lowest BCUT2D eigenvalue weighted by Crippen LogP contribution is -2.45. The average molecular weight is 299 g/mol. The Hall–Kier alpha value is -2.63. The van der Waals surface area contributed by atoms with E-state index in [1.807, 2.05) is 18.2 Å². The normalized spacial score (nSPS) is 18.4. The second kappa shape index (κ2) is 5.63. The Morgan fingerprint density at radius 1 is 1.27 bits per heavy atom. The van der Waals surface area contributed by atoms with E-state index >= 15 is 0 Å². The van der Waals surface area contributed by atoms with Crippen LogP contribution in [0.3, 0.4) is 0 Å². The van der Waals surface area contributed by atoms with Gasteiger partial charge in [-0.1, -0.05) is 18.2 Å². The fourth-order valence-electron chi connectivity index (χ4n) is 2.87. The van der Waals surface area contributed by atoms with E-state index in [1.54, 1.807) is 12.1 Å². The molecule has 1 unspecified atom stereocenters. The van der Waals surface area contributed by atoms with Crippen LogP contribution in [-0.2, 0) is 4.79 Å². The number of H-pyrrole nitrogens is 1. The van der Waals surface area contributed by atoms with Gasteiger partial charge in [-0.15, -0.1) is 0 Å². The van der Waals surface area contributed by atoms with Gasteiger partial charge in [0.1, 0.15) is 5.56 Å². The fourth-order valence-corrected chi connectivity index (χ4v) is 2.87. The molecule has 1 fully saturated rings. The summed E-state index contributed by atoms with van der Waals surface area (Å²) in [7, 11) is 0. The molecule has 6 nitrogen and oxygen atoms in total. The van der Waals surface area contributed by atoms with E-state index in [0.29, 0.717) is 24.9 Å². The van der Waals surface area contributed by atoms with Crippen LogP contribution in [0, 0.1) is 5.92 Å². The molecule has 1 atom stereocenters. The highest BCUT2D eigenvalue weighted by atomic mass is 16.2. The number of aromatic amines is 1. The molecule has 0 saturated carbocycles. The van der Waals surface area contributed by atoms with Crippen LogP contribution in [0.1, 0.15) is 23.2 Å². The molecule has 1 aromatic carbocycles. The Morgan fingerprint density at radius 2 is 2.05 bits per heavy atom. The van der Waals surface area contributed by atoms with Crippen molar-refractivity contribution < 1.29 is 9.59 Å². The summed E-state index contributed by atoms with van der Waals surface area (Å²) < 4.78 is 0. The predicted molar refractivity (Wildman–Crippen MR) is 82.4 cm³/mol. The Bertz CT molecular complexity index is 797. The van der Waals surface area contributed by atoms with Crippen molar-refractivity contribution in [2.75, 3.05) is 13.1 Å². The summed E-state index contributed by atoms with van der Waals surface area (Å²) in [6.45, 7) is 0.815. The number of piperidine rings is 1. The minimum absolute atomic E-state index is 0.101. The molecule has 0 radical (unpaired) electrons. The zero-order valence-electron chi connectivity index (χ0n) is 12.0. The summed E-state index contributed by atoms with van der Waals surface area (Å²) in [6.07, 6.45) is 1.40. The number of hydrogen-bond acceptors (Lipinski definition) is 3. The Balaban J connectivity index is 1.93. The van der Waals surface area contributed by atoms with Crippen LogP contribution in [0.5, 0.6) is 0 Å². The number of carbonyl (C=O) groups excluding carboxylic acids is 2. The highest BCUT2D eigenvalue weighted by Crippen LogP contribution is 2.18. The number of benzene rings is 1. The number of para-hydroxylation sites is 1. The van der Waals surface area contributed by atoms with Gasteiger partial charge in [-0.05, 0) is 30.4 Å². The van der Waals surface area contributed by atoms with Crippen LogP contribution >= 0.6 is 0 Å². The number of amides is 2. The summed E-state index contributed by atoms with van der Waals surface area (Å²) in [5.41, 5.74) is 5.71. The molecule has 1 aliphatic rings. The molecule has 1 aliphatic heterocycles. The number of nitrogens with one attached hydrogen (secondary N) is 1. The van der Waals surface area contributed by atoms with E-state index in [0.717, 1.165) is 5.39 Å². The molecular weight excluding hydrogens is 282 g/mol. The van der Waals surface area contributed by atoms with Gasteiger partial charge in [0, 0.05) is 18.6 Å². The van der Waals surface area contributed by atoms with Crippen LogP contribution in [0.15, 0.2) is 35.1 Å². The minimum Gasteiger partial charge on any atom is -0.369 e. The quantitative estimate of drug-likeness (QED) is 0.861. The first-order chi connectivity index (χ1) is 10.6. The number of nitrogens with zero attached hydrogens (tertiary/aromatic N) is 1. The molecule has 1 aromatic heterocycles. The number of carbonyl (C=O) groups is 2. The van der Waals surface area contributed by atoms with Crippen LogP contribution in [0.25, 0.3) is 10.9 Å². The van der Waals surface area contributed by atoms with E-state index in [2.05, 4.69) is 4.98 Å². The van der Waals surface area contributed by atoms with Crippen molar-refractivity contribution in [3.05, 3.63) is 46.2 Å². The van der Waals surface area contributed by atoms with Crippen LogP contribution in [0.4, 0.5) is 0 Å². The third-order valence-electron chi connectivity index (χ3n) is 4.09. The Kier molecular flexibility index (Phi) is 3.66. The number of likely N-dealkylation sites (tertiary alicyclic amines) is 1. The van der Waals surface area contributed by atoms with Crippen molar-refractivity contribution in [3.63, 3.8) is 0 Å². The number of nitrogens with two attached hydrogens (primary N) is 1.